The maximum atomic E-state index is 13.0. The Kier molecular flexibility index (Phi) is 7.99. The third-order valence-electron chi connectivity index (χ3n) is 4.42. The molecule has 0 unspecified atom stereocenters. The summed E-state index contributed by atoms with van der Waals surface area (Å²) < 4.78 is 0.751. The van der Waals surface area contributed by atoms with Crippen LogP contribution in [0, 0.1) is 5.92 Å². The SMILES string of the molecule is CCCC[C@H](CN(O)C=O)C(=O)N1CC=C[C@H]1C(=O)Nc1ccccc1Br. The van der Waals surface area contributed by atoms with Crippen LogP contribution in [0.3, 0.4) is 0 Å². The Hall–Kier alpha value is -2.19. The zero-order valence-corrected chi connectivity index (χ0v) is 16.8. The van der Waals surface area contributed by atoms with Crippen LogP contribution in [0.2, 0.25) is 0 Å². The Morgan fingerprint density at radius 3 is 2.85 bits per heavy atom. The molecule has 1 aromatic carbocycles. The number of hydrogen-bond donors (Lipinski definition) is 2. The number of nitrogens with zero attached hydrogens (tertiary/aromatic N) is 2. The van der Waals surface area contributed by atoms with Crippen molar-refractivity contribution in [3.05, 3.63) is 40.9 Å². The summed E-state index contributed by atoms with van der Waals surface area (Å²) in [5.41, 5.74) is 0.625. The number of para-hydroxylation sites is 1. The molecule has 0 spiro atoms. The lowest BCUT2D eigenvalue weighted by Gasteiger charge is -2.29. The first-order chi connectivity index (χ1) is 13.0. The number of hydroxylamine groups is 2. The number of unbranched alkanes of at least 4 members (excludes halogenated alkanes) is 1. The van der Waals surface area contributed by atoms with Crippen LogP contribution in [-0.4, -0.2) is 52.5 Å². The molecular formula is C19H24BrN3O4. The highest BCUT2D eigenvalue weighted by Gasteiger charge is 2.34. The van der Waals surface area contributed by atoms with Crippen LogP contribution in [-0.2, 0) is 14.4 Å². The third kappa shape index (κ3) is 5.64. The monoisotopic (exact) mass is 437 g/mol. The molecule has 27 heavy (non-hydrogen) atoms. The van der Waals surface area contributed by atoms with Crippen LogP contribution < -0.4 is 5.32 Å². The summed E-state index contributed by atoms with van der Waals surface area (Å²) in [7, 11) is 0. The molecule has 1 heterocycles. The first kappa shape index (κ1) is 21.1. The van der Waals surface area contributed by atoms with Crippen molar-refractivity contribution in [1.82, 2.24) is 9.96 Å². The Labute approximate surface area is 167 Å². The molecule has 8 heteroatoms. The molecule has 2 N–H and O–H groups in total. The minimum Gasteiger partial charge on any atom is -0.323 e. The molecule has 1 aliphatic rings. The minimum atomic E-state index is -0.725. The van der Waals surface area contributed by atoms with Crippen LogP contribution >= 0.6 is 15.9 Å². The van der Waals surface area contributed by atoms with E-state index in [4.69, 9.17) is 0 Å². The van der Waals surface area contributed by atoms with Gasteiger partial charge in [0.1, 0.15) is 6.04 Å². The van der Waals surface area contributed by atoms with Gasteiger partial charge in [-0.05, 0) is 34.5 Å². The second-order valence-electron chi connectivity index (χ2n) is 6.40. The number of carbonyl (C=O) groups excluding carboxylic acids is 3. The van der Waals surface area contributed by atoms with Crippen molar-refractivity contribution in [2.45, 2.75) is 32.2 Å². The van der Waals surface area contributed by atoms with E-state index in [1.807, 2.05) is 25.1 Å². The van der Waals surface area contributed by atoms with Gasteiger partial charge in [-0.3, -0.25) is 19.6 Å². The summed E-state index contributed by atoms with van der Waals surface area (Å²) in [4.78, 5) is 37.9. The van der Waals surface area contributed by atoms with Crippen molar-refractivity contribution >= 4 is 39.8 Å². The van der Waals surface area contributed by atoms with Crippen molar-refractivity contribution in [1.29, 1.82) is 0 Å². The molecule has 1 aromatic rings. The maximum Gasteiger partial charge on any atom is 0.251 e. The van der Waals surface area contributed by atoms with Crippen LogP contribution in [0.5, 0.6) is 0 Å². The summed E-state index contributed by atoms with van der Waals surface area (Å²) in [6.07, 6.45) is 5.96. The van der Waals surface area contributed by atoms with Gasteiger partial charge in [-0.25, -0.2) is 5.06 Å². The lowest BCUT2D eigenvalue weighted by molar-refractivity contribution is -0.157. The van der Waals surface area contributed by atoms with Gasteiger partial charge in [0.2, 0.25) is 12.3 Å². The minimum absolute atomic E-state index is 0.0859. The topological polar surface area (TPSA) is 90.0 Å². The number of nitrogens with one attached hydrogen (secondary N) is 1. The van der Waals surface area contributed by atoms with Gasteiger partial charge in [-0.15, -0.1) is 0 Å². The van der Waals surface area contributed by atoms with E-state index < -0.39 is 12.0 Å². The van der Waals surface area contributed by atoms with Crippen molar-refractivity contribution < 1.29 is 19.6 Å². The van der Waals surface area contributed by atoms with E-state index in [2.05, 4.69) is 21.2 Å². The summed E-state index contributed by atoms with van der Waals surface area (Å²) in [6.45, 7) is 2.24. The molecule has 0 bridgehead atoms. The van der Waals surface area contributed by atoms with E-state index in [0.29, 0.717) is 23.7 Å². The van der Waals surface area contributed by atoms with Gasteiger partial charge >= 0.3 is 0 Å². The molecule has 0 saturated heterocycles. The van der Waals surface area contributed by atoms with Crippen LogP contribution in [0.15, 0.2) is 40.9 Å². The number of halogens is 1. The molecular weight excluding hydrogens is 414 g/mol. The second-order valence-corrected chi connectivity index (χ2v) is 7.25. The van der Waals surface area contributed by atoms with Crippen molar-refractivity contribution in [2.24, 2.45) is 5.92 Å². The summed E-state index contributed by atoms with van der Waals surface area (Å²) in [6, 6.07) is 6.52. The lowest BCUT2D eigenvalue weighted by Crippen LogP contribution is -2.47. The fourth-order valence-electron chi connectivity index (χ4n) is 2.99. The van der Waals surface area contributed by atoms with Crippen molar-refractivity contribution in [3.63, 3.8) is 0 Å². The normalized spacial score (nSPS) is 16.9. The van der Waals surface area contributed by atoms with E-state index in [1.54, 1.807) is 18.2 Å². The zero-order chi connectivity index (χ0) is 19.8. The van der Waals surface area contributed by atoms with Gasteiger partial charge in [-0.1, -0.05) is 44.1 Å². The summed E-state index contributed by atoms with van der Waals surface area (Å²) in [5.74, 6) is -1.12. The molecule has 146 valence electrons. The highest BCUT2D eigenvalue weighted by Crippen LogP contribution is 2.24. The number of benzene rings is 1. The number of carbonyl (C=O) groups is 3. The van der Waals surface area contributed by atoms with Crippen LogP contribution in [0.4, 0.5) is 5.69 Å². The van der Waals surface area contributed by atoms with E-state index >= 15 is 0 Å². The molecule has 2 atom stereocenters. The van der Waals surface area contributed by atoms with E-state index in [0.717, 1.165) is 17.3 Å². The molecule has 3 amide bonds. The standard InChI is InChI=1S/C19H24BrN3O4/c1-2-3-7-14(12-22(27)13-24)19(26)23-11-6-10-17(23)18(25)21-16-9-5-4-8-15(16)20/h4-6,8-10,13-14,17,27H,2-3,7,11-12H2,1H3,(H,21,25)/t14-,17+/m1/s1. The van der Waals surface area contributed by atoms with Crippen LogP contribution in [0.1, 0.15) is 26.2 Å². The van der Waals surface area contributed by atoms with Crippen molar-refractivity contribution in [3.8, 4) is 0 Å². The number of rotatable bonds is 9. The smallest absolute Gasteiger partial charge is 0.251 e. The first-order valence-corrected chi connectivity index (χ1v) is 9.70. The third-order valence-corrected chi connectivity index (χ3v) is 5.12. The highest BCUT2D eigenvalue weighted by molar-refractivity contribution is 9.10. The fraction of sp³-hybridized carbons (Fsp3) is 0.421. The zero-order valence-electron chi connectivity index (χ0n) is 15.2. The largest absolute Gasteiger partial charge is 0.323 e. The highest BCUT2D eigenvalue weighted by atomic mass is 79.9. The molecule has 0 aromatic heterocycles. The van der Waals surface area contributed by atoms with Crippen molar-refractivity contribution in [2.75, 3.05) is 18.4 Å². The predicted octanol–water partition coefficient (Wildman–Crippen LogP) is 2.81. The van der Waals surface area contributed by atoms with Gasteiger partial charge in [0.15, 0.2) is 0 Å². The summed E-state index contributed by atoms with van der Waals surface area (Å²) in [5, 5.41) is 12.8. The lowest BCUT2D eigenvalue weighted by atomic mass is 9.99. The number of anilines is 1. The molecule has 0 radical (unpaired) electrons. The number of hydrogen-bond acceptors (Lipinski definition) is 4. The average molecular weight is 438 g/mol. The molecule has 7 nitrogen and oxygen atoms in total. The molecule has 0 saturated carbocycles. The first-order valence-electron chi connectivity index (χ1n) is 8.91. The molecule has 2 rings (SSSR count). The van der Waals surface area contributed by atoms with Gasteiger partial charge in [0.05, 0.1) is 18.2 Å². The Morgan fingerprint density at radius 1 is 1.44 bits per heavy atom. The van der Waals surface area contributed by atoms with Gasteiger partial charge < -0.3 is 10.2 Å². The molecule has 0 aliphatic carbocycles. The van der Waals surface area contributed by atoms with Gasteiger partial charge in [0.25, 0.3) is 5.91 Å². The Morgan fingerprint density at radius 2 is 2.19 bits per heavy atom. The fourth-order valence-corrected chi connectivity index (χ4v) is 3.38. The Bertz CT molecular complexity index is 710. The molecule has 0 fully saturated rings. The van der Waals surface area contributed by atoms with E-state index in [1.165, 1.54) is 4.90 Å². The quantitative estimate of drug-likeness (QED) is 0.269. The maximum absolute atomic E-state index is 13.0. The molecule has 1 aliphatic heterocycles. The average Bonchev–Trinajstić information content (AvgIpc) is 3.16. The van der Waals surface area contributed by atoms with Crippen LogP contribution in [0.25, 0.3) is 0 Å². The predicted molar refractivity (Wildman–Crippen MR) is 105 cm³/mol. The number of amides is 3. The van der Waals surface area contributed by atoms with Gasteiger partial charge in [0, 0.05) is 11.0 Å². The second kappa shape index (κ2) is 10.2. The Balaban J connectivity index is 2.10. The van der Waals surface area contributed by atoms with E-state index in [9.17, 15) is 19.6 Å². The van der Waals surface area contributed by atoms with Gasteiger partial charge in [-0.2, -0.15) is 0 Å². The van der Waals surface area contributed by atoms with E-state index in [-0.39, 0.29) is 24.8 Å². The summed E-state index contributed by atoms with van der Waals surface area (Å²) >= 11 is 3.38.